The molecule has 0 aromatic heterocycles. The second kappa shape index (κ2) is 6.16. The molecule has 1 aromatic rings. The fourth-order valence-corrected chi connectivity index (χ4v) is 1.64. The zero-order chi connectivity index (χ0) is 13.7. The van der Waals surface area contributed by atoms with Crippen LogP contribution in [0.25, 0.3) is 0 Å². The van der Waals surface area contributed by atoms with E-state index in [1.807, 2.05) is 32.0 Å². The van der Waals surface area contributed by atoms with Gasteiger partial charge in [-0.25, -0.2) is 0 Å². The maximum absolute atomic E-state index is 11.8. The van der Waals surface area contributed by atoms with Gasteiger partial charge in [0.2, 0.25) is 5.91 Å². The van der Waals surface area contributed by atoms with Crippen LogP contribution in [0.15, 0.2) is 18.2 Å². The molecule has 0 radical (unpaired) electrons. The minimum Gasteiger partial charge on any atom is -0.481 e. The molecule has 5 heteroatoms. The van der Waals surface area contributed by atoms with Gasteiger partial charge in [-0.05, 0) is 31.4 Å². The van der Waals surface area contributed by atoms with Crippen LogP contribution in [0.2, 0.25) is 0 Å². The van der Waals surface area contributed by atoms with E-state index < -0.39 is 12.0 Å². The number of anilines is 1. The molecular weight excluding hydrogens is 232 g/mol. The van der Waals surface area contributed by atoms with Crippen LogP contribution in [-0.2, 0) is 9.59 Å². The minimum atomic E-state index is -0.953. The quantitative estimate of drug-likeness (QED) is 0.737. The summed E-state index contributed by atoms with van der Waals surface area (Å²) in [4.78, 5) is 22.2. The van der Waals surface area contributed by atoms with E-state index in [-0.39, 0.29) is 18.7 Å². The molecule has 1 atom stereocenters. The highest BCUT2D eigenvalue weighted by Crippen LogP contribution is 2.19. The van der Waals surface area contributed by atoms with Gasteiger partial charge in [0.15, 0.2) is 0 Å². The second-order valence-electron chi connectivity index (χ2n) is 4.29. The summed E-state index contributed by atoms with van der Waals surface area (Å²) in [5.41, 5.74) is 8.29. The van der Waals surface area contributed by atoms with Crippen molar-refractivity contribution in [1.29, 1.82) is 0 Å². The number of hydrogen-bond donors (Lipinski definition) is 3. The lowest BCUT2D eigenvalue weighted by Gasteiger charge is -2.14. The Labute approximate surface area is 106 Å². The van der Waals surface area contributed by atoms with Crippen LogP contribution in [0.3, 0.4) is 0 Å². The van der Waals surface area contributed by atoms with Crippen molar-refractivity contribution in [3.63, 3.8) is 0 Å². The van der Waals surface area contributed by atoms with Crippen molar-refractivity contribution >= 4 is 17.6 Å². The number of nitrogens with one attached hydrogen (secondary N) is 1. The molecule has 1 unspecified atom stereocenters. The zero-order valence-electron chi connectivity index (χ0n) is 10.6. The van der Waals surface area contributed by atoms with Gasteiger partial charge in [0, 0.05) is 12.1 Å². The fraction of sp³-hybridized carbons (Fsp3) is 0.385. The number of carbonyl (C=O) groups is 2. The lowest BCUT2D eigenvalue weighted by molar-refractivity contribution is -0.137. The van der Waals surface area contributed by atoms with Crippen molar-refractivity contribution in [2.24, 2.45) is 5.73 Å². The van der Waals surface area contributed by atoms with E-state index in [1.54, 1.807) is 0 Å². The third kappa shape index (κ3) is 3.85. The summed E-state index contributed by atoms with van der Waals surface area (Å²) in [5.74, 6) is -1.31. The Kier molecular flexibility index (Phi) is 4.85. The molecular formula is C13H18N2O3. The van der Waals surface area contributed by atoms with Gasteiger partial charge < -0.3 is 16.2 Å². The molecule has 0 saturated carbocycles. The van der Waals surface area contributed by atoms with Crippen LogP contribution in [-0.4, -0.2) is 23.0 Å². The van der Waals surface area contributed by atoms with E-state index in [2.05, 4.69) is 5.32 Å². The highest BCUT2D eigenvalue weighted by atomic mass is 16.4. The number of hydrogen-bond acceptors (Lipinski definition) is 3. The number of nitrogens with two attached hydrogens (primary N) is 1. The molecule has 1 rings (SSSR count). The molecule has 0 fully saturated rings. The zero-order valence-corrected chi connectivity index (χ0v) is 10.6. The van der Waals surface area contributed by atoms with Gasteiger partial charge >= 0.3 is 5.97 Å². The summed E-state index contributed by atoms with van der Waals surface area (Å²) in [6.07, 6.45) is 0.0213. The Morgan fingerprint density at radius 2 is 1.89 bits per heavy atom. The summed E-state index contributed by atoms with van der Waals surface area (Å²) < 4.78 is 0. The summed E-state index contributed by atoms with van der Waals surface area (Å²) in [6.45, 7) is 3.79. The number of carboxylic acid groups (broad SMARTS) is 1. The fourth-order valence-electron chi connectivity index (χ4n) is 1.64. The van der Waals surface area contributed by atoms with Gasteiger partial charge in [0.05, 0.1) is 6.04 Å². The number of carboxylic acids is 1. The molecule has 0 spiro atoms. The van der Waals surface area contributed by atoms with Crippen molar-refractivity contribution in [1.82, 2.24) is 0 Å². The first kappa shape index (κ1) is 14.2. The smallest absolute Gasteiger partial charge is 0.303 e. The Hall–Kier alpha value is -1.88. The lowest BCUT2D eigenvalue weighted by atomic mass is 10.1. The topological polar surface area (TPSA) is 92.4 Å². The number of para-hydroxylation sites is 1. The average Bonchev–Trinajstić information content (AvgIpc) is 2.30. The maximum atomic E-state index is 11.8. The van der Waals surface area contributed by atoms with Crippen LogP contribution in [0.1, 0.15) is 24.0 Å². The van der Waals surface area contributed by atoms with E-state index in [1.165, 1.54) is 0 Å². The SMILES string of the molecule is Cc1cccc(C)c1NC(=O)C(N)CCC(=O)O. The molecule has 0 heterocycles. The number of amides is 1. The van der Waals surface area contributed by atoms with E-state index in [4.69, 9.17) is 10.8 Å². The predicted molar refractivity (Wildman–Crippen MR) is 69.4 cm³/mol. The molecule has 1 amide bonds. The number of carbonyl (C=O) groups excluding carboxylic acids is 1. The van der Waals surface area contributed by atoms with Crippen molar-refractivity contribution in [3.8, 4) is 0 Å². The van der Waals surface area contributed by atoms with Gasteiger partial charge in [0.25, 0.3) is 0 Å². The first-order valence-electron chi connectivity index (χ1n) is 5.76. The van der Waals surface area contributed by atoms with E-state index in [0.29, 0.717) is 0 Å². The van der Waals surface area contributed by atoms with Crippen LogP contribution >= 0.6 is 0 Å². The molecule has 18 heavy (non-hydrogen) atoms. The van der Waals surface area contributed by atoms with Crippen LogP contribution in [0.5, 0.6) is 0 Å². The van der Waals surface area contributed by atoms with E-state index in [9.17, 15) is 9.59 Å². The van der Waals surface area contributed by atoms with Gasteiger partial charge in [-0.15, -0.1) is 0 Å². The number of benzene rings is 1. The molecule has 0 saturated heterocycles. The van der Waals surface area contributed by atoms with Gasteiger partial charge in [-0.1, -0.05) is 18.2 Å². The van der Waals surface area contributed by atoms with Gasteiger partial charge in [0.1, 0.15) is 0 Å². The number of rotatable bonds is 5. The standard InChI is InChI=1S/C13H18N2O3/c1-8-4-3-5-9(2)12(8)15-13(18)10(14)6-7-11(16)17/h3-5,10H,6-7,14H2,1-2H3,(H,15,18)(H,16,17). The summed E-state index contributed by atoms with van der Waals surface area (Å²) in [6, 6.07) is 4.89. The van der Waals surface area contributed by atoms with Crippen molar-refractivity contribution in [3.05, 3.63) is 29.3 Å². The predicted octanol–water partition coefficient (Wildman–Crippen LogP) is 1.43. The second-order valence-corrected chi connectivity index (χ2v) is 4.29. The highest BCUT2D eigenvalue weighted by Gasteiger charge is 2.16. The molecule has 1 aromatic carbocycles. The molecule has 0 aliphatic heterocycles. The highest BCUT2D eigenvalue weighted by molar-refractivity contribution is 5.96. The van der Waals surface area contributed by atoms with E-state index in [0.717, 1.165) is 16.8 Å². The Morgan fingerprint density at radius 1 is 1.33 bits per heavy atom. The molecule has 0 bridgehead atoms. The number of aryl methyl sites for hydroxylation is 2. The normalized spacial score (nSPS) is 11.9. The molecule has 0 aliphatic rings. The summed E-state index contributed by atoms with van der Waals surface area (Å²) in [7, 11) is 0. The number of aliphatic carboxylic acids is 1. The Morgan fingerprint density at radius 3 is 2.39 bits per heavy atom. The van der Waals surface area contributed by atoms with E-state index >= 15 is 0 Å². The first-order chi connectivity index (χ1) is 8.41. The first-order valence-corrected chi connectivity index (χ1v) is 5.76. The summed E-state index contributed by atoms with van der Waals surface area (Å²) >= 11 is 0. The lowest BCUT2D eigenvalue weighted by Crippen LogP contribution is -2.36. The molecule has 0 aliphatic carbocycles. The molecule has 5 nitrogen and oxygen atoms in total. The summed E-state index contributed by atoms with van der Waals surface area (Å²) in [5, 5.41) is 11.3. The molecule has 98 valence electrons. The van der Waals surface area contributed by atoms with Crippen molar-refractivity contribution < 1.29 is 14.7 Å². The van der Waals surface area contributed by atoms with Crippen LogP contribution in [0.4, 0.5) is 5.69 Å². The largest absolute Gasteiger partial charge is 0.481 e. The van der Waals surface area contributed by atoms with Crippen LogP contribution < -0.4 is 11.1 Å². The minimum absolute atomic E-state index is 0.110. The molecule has 4 N–H and O–H groups in total. The van der Waals surface area contributed by atoms with Gasteiger partial charge in [-0.2, -0.15) is 0 Å². The average molecular weight is 250 g/mol. The van der Waals surface area contributed by atoms with Gasteiger partial charge in [-0.3, -0.25) is 9.59 Å². The Balaban J connectivity index is 2.67. The third-order valence-corrected chi connectivity index (χ3v) is 2.74. The van der Waals surface area contributed by atoms with Crippen molar-refractivity contribution in [2.45, 2.75) is 32.7 Å². The van der Waals surface area contributed by atoms with Crippen LogP contribution in [0, 0.1) is 13.8 Å². The third-order valence-electron chi connectivity index (χ3n) is 2.74. The monoisotopic (exact) mass is 250 g/mol. The Bertz CT molecular complexity index is 437. The maximum Gasteiger partial charge on any atom is 0.303 e. The van der Waals surface area contributed by atoms with Crippen molar-refractivity contribution in [2.75, 3.05) is 5.32 Å².